The fraction of sp³-hybridized carbons (Fsp3) is 0.909. The molecule has 6 nitrogen and oxygen atoms in total. The molecule has 0 aromatic carbocycles. The van der Waals surface area contributed by atoms with Crippen molar-refractivity contribution in [2.24, 2.45) is 5.92 Å². The van der Waals surface area contributed by atoms with Gasteiger partial charge in [0.15, 0.2) is 0 Å². The zero-order valence-corrected chi connectivity index (χ0v) is 11.2. The average Bonchev–Trinajstić information content (AvgIpc) is 2.40. The third-order valence-electron chi connectivity index (χ3n) is 3.77. The van der Waals surface area contributed by atoms with Crippen molar-refractivity contribution in [1.29, 1.82) is 0 Å². The number of hydrogen-bond donors (Lipinski definition) is 1. The first-order valence-electron chi connectivity index (χ1n) is 6.50. The van der Waals surface area contributed by atoms with Crippen molar-refractivity contribution in [2.45, 2.75) is 32.1 Å². The van der Waals surface area contributed by atoms with Gasteiger partial charge in [-0.05, 0) is 25.7 Å². The van der Waals surface area contributed by atoms with Gasteiger partial charge >= 0.3 is 5.97 Å². The van der Waals surface area contributed by atoms with E-state index < -0.39 is 22.1 Å². The van der Waals surface area contributed by atoms with Crippen LogP contribution in [0.1, 0.15) is 32.1 Å². The van der Waals surface area contributed by atoms with Crippen LogP contribution in [0.15, 0.2) is 0 Å². The topological polar surface area (TPSA) is 77.9 Å². The number of carboxylic acids is 1. The van der Waals surface area contributed by atoms with Gasteiger partial charge in [-0.15, -0.1) is 0 Å². The molecule has 7 heteroatoms. The molecule has 0 aromatic rings. The molecule has 0 amide bonds. The number of aliphatic carboxylic acids is 1. The molecule has 0 bridgehead atoms. The Hall–Kier alpha value is -0.660. The van der Waals surface area contributed by atoms with Gasteiger partial charge in [0.2, 0.25) is 0 Å². The lowest BCUT2D eigenvalue weighted by molar-refractivity contribution is -0.142. The molecular formula is C11H20N2O4S. The van der Waals surface area contributed by atoms with Crippen molar-refractivity contribution in [1.82, 2.24) is 8.61 Å². The fourth-order valence-corrected chi connectivity index (χ4v) is 4.31. The first-order chi connectivity index (χ1) is 8.51. The number of piperidine rings is 2. The Morgan fingerprint density at radius 3 is 1.94 bits per heavy atom. The summed E-state index contributed by atoms with van der Waals surface area (Å²) in [5, 5.41) is 8.90. The Labute approximate surface area is 108 Å². The third-order valence-corrected chi connectivity index (χ3v) is 5.81. The lowest BCUT2D eigenvalue weighted by Gasteiger charge is -2.35. The van der Waals surface area contributed by atoms with E-state index >= 15 is 0 Å². The molecule has 2 fully saturated rings. The summed E-state index contributed by atoms with van der Waals surface area (Å²) in [5.41, 5.74) is 0. The zero-order chi connectivity index (χ0) is 13.2. The van der Waals surface area contributed by atoms with Gasteiger partial charge in [-0.3, -0.25) is 4.79 Å². The van der Waals surface area contributed by atoms with Crippen molar-refractivity contribution >= 4 is 16.2 Å². The molecule has 2 aliphatic heterocycles. The van der Waals surface area contributed by atoms with E-state index in [0.717, 1.165) is 19.3 Å². The minimum absolute atomic E-state index is 0.329. The minimum Gasteiger partial charge on any atom is -0.481 e. The molecule has 104 valence electrons. The summed E-state index contributed by atoms with van der Waals surface area (Å²) in [6.45, 7) is 1.86. The first kappa shape index (κ1) is 13.8. The maximum Gasteiger partial charge on any atom is 0.306 e. The summed E-state index contributed by atoms with van der Waals surface area (Å²) in [4.78, 5) is 10.8. The average molecular weight is 276 g/mol. The Bertz CT molecular complexity index is 395. The molecule has 2 heterocycles. The number of carbonyl (C=O) groups is 1. The molecule has 1 N–H and O–H groups in total. The van der Waals surface area contributed by atoms with Gasteiger partial charge in [0.1, 0.15) is 0 Å². The van der Waals surface area contributed by atoms with Gasteiger partial charge in [0, 0.05) is 26.2 Å². The van der Waals surface area contributed by atoms with E-state index in [9.17, 15) is 13.2 Å². The van der Waals surface area contributed by atoms with E-state index in [1.807, 2.05) is 0 Å². The summed E-state index contributed by atoms with van der Waals surface area (Å²) in [6, 6.07) is 0. The van der Waals surface area contributed by atoms with Crippen LogP contribution in [0.25, 0.3) is 0 Å². The van der Waals surface area contributed by atoms with E-state index in [1.165, 1.54) is 8.61 Å². The summed E-state index contributed by atoms with van der Waals surface area (Å²) in [7, 11) is -3.36. The monoisotopic (exact) mass is 276 g/mol. The van der Waals surface area contributed by atoms with Crippen LogP contribution < -0.4 is 0 Å². The molecule has 18 heavy (non-hydrogen) atoms. The van der Waals surface area contributed by atoms with E-state index in [0.29, 0.717) is 39.0 Å². The van der Waals surface area contributed by atoms with Crippen molar-refractivity contribution < 1.29 is 18.3 Å². The predicted octanol–water partition coefficient (Wildman–Crippen LogP) is 0.514. The highest BCUT2D eigenvalue weighted by Crippen LogP contribution is 2.23. The number of rotatable bonds is 3. The molecule has 0 aliphatic carbocycles. The SMILES string of the molecule is O=C(O)C1CCN(S(=O)(=O)N2CCCCC2)CC1. The van der Waals surface area contributed by atoms with Crippen LogP contribution in [0.2, 0.25) is 0 Å². The number of carboxylic acid groups (broad SMARTS) is 1. The maximum absolute atomic E-state index is 12.3. The minimum atomic E-state index is -3.36. The Kier molecular flexibility index (Phi) is 4.24. The van der Waals surface area contributed by atoms with Gasteiger partial charge in [0.25, 0.3) is 10.2 Å². The fourth-order valence-electron chi connectivity index (χ4n) is 2.59. The Morgan fingerprint density at radius 1 is 0.944 bits per heavy atom. The van der Waals surface area contributed by atoms with Gasteiger partial charge in [0.05, 0.1) is 5.92 Å². The van der Waals surface area contributed by atoms with Crippen LogP contribution in [0.5, 0.6) is 0 Å². The number of nitrogens with zero attached hydrogens (tertiary/aromatic N) is 2. The normalized spacial score (nSPS) is 25.1. The van der Waals surface area contributed by atoms with Gasteiger partial charge < -0.3 is 5.11 Å². The van der Waals surface area contributed by atoms with E-state index in [1.54, 1.807) is 0 Å². The number of hydrogen-bond acceptors (Lipinski definition) is 3. The molecule has 2 rings (SSSR count). The first-order valence-corrected chi connectivity index (χ1v) is 7.89. The van der Waals surface area contributed by atoms with E-state index in [-0.39, 0.29) is 0 Å². The van der Waals surface area contributed by atoms with Crippen LogP contribution in [0.4, 0.5) is 0 Å². The third kappa shape index (κ3) is 2.84. The quantitative estimate of drug-likeness (QED) is 0.815. The molecule has 2 saturated heterocycles. The van der Waals surface area contributed by atoms with Gasteiger partial charge in [-0.1, -0.05) is 6.42 Å². The molecule has 0 spiro atoms. The van der Waals surface area contributed by atoms with Crippen molar-refractivity contribution in [3.05, 3.63) is 0 Å². The molecule has 0 atom stereocenters. The molecule has 0 radical (unpaired) electrons. The molecule has 0 unspecified atom stereocenters. The largest absolute Gasteiger partial charge is 0.481 e. The summed E-state index contributed by atoms with van der Waals surface area (Å²) >= 11 is 0. The molecular weight excluding hydrogens is 256 g/mol. The molecule has 0 aromatic heterocycles. The van der Waals surface area contributed by atoms with E-state index in [4.69, 9.17) is 5.11 Å². The second kappa shape index (κ2) is 5.54. The van der Waals surface area contributed by atoms with Gasteiger partial charge in [-0.2, -0.15) is 17.0 Å². The molecule has 2 aliphatic rings. The van der Waals surface area contributed by atoms with Crippen LogP contribution in [-0.2, 0) is 15.0 Å². The maximum atomic E-state index is 12.3. The standard InChI is InChI=1S/C11H20N2O4S/c14-11(15)10-4-8-13(9-5-10)18(16,17)12-6-2-1-3-7-12/h10H,1-9H2,(H,14,15). The summed E-state index contributed by atoms with van der Waals surface area (Å²) < 4.78 is 27.6. The van der Waals surface area contributed by atoms with Crippen molar-refractivity contribution in [3.63, 3.8) is 0 Å². The lowest BCUT2D eigenvalue weighted by atomic mass is 9.99. The van der Waals surface area contributed by atoms with E-state index in [2.05, 4.69) is 0 Å². The van der Waals surface area contributed by atoms with Crippen LogP contribution in [0, 0.1) is 5.92 Å². The van der Waals surface area contributed by atoms with Crippen LogP contribution in [0.3, 0.4) is 0 Å². The highest BCUT2D eigenvalue weighted by atomic mass is 32.2. The Morgan fingerprint density at radius 2 is 1.44 bits per heavy atom. The van der Waals surface area contributed by atoms with Crippen molar-refractivity contribution in [2.75, 3.05) is 26.2 Å². The van der Waals surface area contributed by atoms with Crippen LogP contribution >= 0.6 is 0 Å². The van der Waals surface area contributed by atoms with Crippen LogP contribution in [-0.4, -0.2) is 54.3 Å². The smallest absolute Gasteiger partial charge is 0.306 e. The van der Waals surface area contributed by atoms with Gasteiger partial charge in [-0.25, -0.2) is 0 Å². The zero-order valence-electron chi connectivity index (χ0n) is 10.4. The second-order valence-electron chi connectivity index (χ2n) is 4.98. The second-order valence-corrected chi connectivity index (χ2v) is 6.91. The lowest BCUT2D eigenvalue weighted by Crippen LogP contribution is -2.49. The summed E-state index contributed by atoms with van der Waals surface area (Å²) in [5.74, 6) is -1.21. The van der Waals surface area contributed by atoms with Crippen molar-refractivity contribution in [3.8, 4) is 0 Å². The highest BCUT2D eigenvalue weighted by Gasteiger charge is 2.34. The molecule has 0 saturated carbocycles. The summed E-state index contributed by atoms with van der Waals surface area (Å²) in [6.07, 6.45) is 3.77. The highest BCUT2D eigenvalue weighted by molar-refractivity contribution is 7.86. The Balaban J connectivity index is 1.97. The predicted molar refractivity (Wildman–Crippen MR) is 66.3 cm³/mol.